The van der Waals surface area contributed by atoms with Crippen LogP contribution in [-0.2, 0) is 22.0 Å². The van der Waals surface area contributed by atoms with E-state index in [1.54, 1.807) is 11.8 Å². The van der Waals surface area contributed by atoms with Crippen molar-refractivity contribution in [3.05, 3.63) is 28.8 Å². The fourth-order valence-corrected chi connectivity index (χ4v) is 3.45. The fourth-order valence-electron chi connectivity index (χ4n) is 3.45. The molecule has 0 unspecified atom stereocenters. The smallest absolute Gasteiger partial charge is 0.223 e. The highest BCUT2D eigenvalue weighted by atomic mass is 16.3. The molecule has 0 spiro atoms. The highest BCUT2D eigenvalue weighted by Crippen LogP contribution is 2.40. The molecule has 0 radical (unpaired) electrons. The molecule has 1 aromatic carbocycles. The third kappa shape index (κ3) is 5.48. The van der Waals surface area contributed by atoms with Crippen molar-refractivity contribution in [1.29, 1.82) is 0 Å². The zero-order valence-corrected chi connectivity index (χ0v) is 18.9. The molecule has 3 N–H and O–H groups in total. The maximum Gasteiger partial charge on any atom is 0.223 e. The normalized spacial score (nSPS) is 12.9. The van der Waals surface area contributed by atoms with Crippen LogP contribution in [0.5, 0.6) is 5.75 Å². The first-order chi connectivity index (χ1) is 12.7. The predicted molar refractivity (Wildman–Crippen MR) is 114 cm³/mol. The molecule has 0 fully saturated rings. The van der Waals surface area contributed by atoms with Gasteiger partial charge in [0.1, 0.15) is 5.75 Å². The van der Waals surface area contributed by atoms with Gasteiger partial charge in [-0.1, -0.05) is 53.7 Å². The van der Waals surface area contributed by atoms with Gasteiger partial charge in [0.15, 0.2) is 0 Å². The van der Waals surface area contributed by atoms with E-state index in [0.717, 1.165) is 16.7 Å². The maximum atomic E-state index is 12.8. The number of likely N-dealkylation sites (N-methyl/N-ethyl adjacent to an activating group) is 1. The van der Waals surface area contributed by atoms with Crippen LogP contribution in [0, 0.1) is 0 Å². The molecular formula is C23H39NO4. The van der Waals surface area contributed by atoms with E-state index in [2.05, 4.69) is 41.5 Å². The van der Waals surface area contributed by atoms with Gasteiger partial charge in [-0.25, -0.2) is 0 Å². The summed E-state index contributed by atoms with van der Waals surface area (Å²) in [7, 11) is 0. The quantitative estimate of drug-likeness (QED) is 0.662. The number of aryl methyl sites for hydroxylation is 1. The van der Waals surface area contributed by atoms with E-state index in [4.69, 9.17) is 0 Å². The second kappa shape index (κ2) is 8.83. The van der Waals surface area contributed by atoms with Crippen molar-refractivity contribution >= 4 is 5.91 Å². The Morgan fingerprint density at radius 1 is 0.929 bits per heavy atom. The standard InChI is InChI=1S/C23H39NO4/c1-9-24(23(8,14-25)15-26)19(27)11-10-16-12-17(21(2,3)4)20(28)18(13-16)22(5,6)7/h12-13,25-26,28H,9-11,14-15H2,1-8H3. The summed E-state index contributed by atoms with van der Waals surface area (Å²) in [6.07, 6.45) is 0.816. The van der Waals surface area contributed by atoms with Crippen molar-refractivity contribution in [1.82, 2.24) is 4.90 Å². The van der Waals surface area contributed by atoms with E-state index in [0.29, 0.717) is 18.7 Å². The monoisotopic (exact) mass is 393 g/mol. The summed E-state index contributed by atoms with van der Waals surface area (Å²) in [5.41, 5.74) is 1.37. The first-order valence-electron chi connectivity index (χ1n) is 10.1. The van der Waals surface area contributed by atoms with E-state index in [-0.39, 0.29) is 36.4 Å². The van der Waals surface area contributed by atoms with Crippen LogP contribution >= 0.6 is 0 Å². The number of aromatic hydroxyl groups is 1. The summed E-state index contributed by atoms with van der Waals surface area (Å²) in [4.78, 5) is 14.3. The Morgan fingerprint density at radius 3 is 1.68 bits per heavy atom. The lowest BCUT2D eigenvalue weighted by Gasteiger charge is -2.38. The zero-order chi connectivity index (χ0) is 21.9. The van der Waals surface area contributed by atoms with Gasteiger partial charge in [-0.3, -0.25) is 4.79 Å². The molecule has 0 bridgehead atoms. The van der Waals surface area contributed by atoms with Crippen LogP contribution in [0.25, 0.3) is 0 Å². The molecule has 0 saturated carbocycles. The van der Waals surface area contributed by atoms with Gasteiger partial charge >= 0.3 is 0 Å². The Hall–Kier alpha value is -1.59. The first kappa shape index (κ1) is 24.4. The fraction of sp³-hybridized carbons (Fsp3) is 0.696. The molecule has 0 aliphatic heterocycles. The summed E-state index contributed by atoms with van der Waals surface area (Å²) >= 11 is 0. The summed E-state index contributed by atoms with van der Waals surface area (Å²) in [5.74, 6) is 0.231. The molecule has 160 valence electrons. The summed E-state index contributed by atoms with van der Waals surface area (Å²) < 4.78 is 0. The summed E-state index contributed by atoms with van der Waals surface area (Å²) in [6.45, 7) is 15.8. The topological polar surface area (TPSA) is 81.0 Å². The van der Waals surface area contributed by atoms with Crippen molar-refractivity contribution in [2.24, 2.45) is 0 Å². The second-order valence-corrected chi connectivity index (χ2v) is 9.99. The predicted octanol–water partition coefficient (Wildman–Crippen LogP) is 3.51. The van der Waals surface area contributed by atoms with Crippen LogP contribution < -0.4 is 0 Å². The number of aliphatic hydroxyl groups excluding tert-OH is 2. The summed E-state index contributed by atoms with van der Waals surface area (Å²) in [6, 6.07) is 3.98. The zero-order valence-electron chi connectivity index (χ0n) is 18.9. The third-order valence-electron chi connectivity index (χ3n) is 5.36. The Bertz CT molecular complexity index is 644. The second-order valence-electron chi connectivity index (χ2n) is 9.99. The van der Waals surface area contributed by atoms with Crippen LogP contribution in [0.3, 0.4) is 0 Å². The number of rotatable bonds is 7. The first-order valence-corrected chi connectivity index (χ1v) is 10.1. The minimum atomic E-state index is -0.964. The Balaban J connectivity index is 3.20. The van der Waals surface area contributed by atoms with Gasteiger partial charge < -0.3 is 20.2 Å². The highest BCUT2D eigenvalue weighted by molar-refractivity contribution is 5.77. The molecular weight excluding hydrogens is 354 g/mol. The van der Waals surface area contributed by atoms with Crippen molar-refractivity contribution < 1.29 is 20.1 Å². The van der Waals surface area contributed by atoms with Gasteiger partial charge in [-0.2, -0.15) is 0 Å². The molecule has 5 nitrogen and oxygen atoms in total. The van der Waals surface area contributed by atoms with Crippen LogP contribution in [0.4, 0.5) is 0 Å². The largest absolute Gasteiger partial charge is 0.507 e. The van der Waals surface area contributed by atoms with Gasteiger partial charge in [-0.05, 0) is 47.8 Å². The lowest BCUT2D eigenvalue weighted by Crippen LogP contribution is -2.54. The minimum absolute atomic E-state index is 0.101. The van der Waals surface area contributed by atoms with Gasteiger partial charge in [0.05, 0.1) is 18.8 Å². The molecule has 0 atom stereocenters. The highest BCUT2D eigenvalue weighted by Gasteiger charge is 2.33. The molecule has 1 rings (SSSR count). The lowest BCUT2D eigenvalue weighted by atomic mass is 9.78. The molecule has 0 saturated heterocycles. The van der Waals surface area contributed by atoms with Crippen molar-refractivity contribution in [3.8, 4) is 5.75 Å². The molecule has 1 amide bonds. The lowest BCUT2D eigenvalue weighted by molar-refractivity contribution is -0.140. The number of amides is 1. The van der Waals surface area contributed by atoms with Crippen molar-refractivity contribution in [3.63, 3.8) is 0 Å². The average Bonchev–Trinajstić information content (AvgIpc) is 2.59. The van der Waals surface area contributed by atoms with Gasteiger partial charge in [0, 0.05) is 13.0 Å². The van der Waals surface area contributed by atoms with E-state index in [1.807, 2.05) is 19.1 Å². The molecule has 0 aliphatic carbocycles. The van der Waals surface area contributed by atoms with E-state index in [1.165, 1.54) is 0 Å². The van der Waals surface area contributed by atoms with Crippen LogP contribution in [0.2, 0.25) is 0 Å². The number of hydrogen-bond donors (Lipinski definition) is 3. The van der Waals surface area contributed by atoms with E-state index < -0.39 is 5.54 Å². The number of nitrogens with zero attached hydrogens (tertiary/aromatic N) is 1. The van der Waals surface area contributed by atoms with Crippen LogP contribution in [0.15, 0.2) is 12.1 Å². The molecule has 0 heterocycles. The molecule has 28 heavy (non-hydrogen) atoms. The number of carbonyl (C=O) groups excluding carboxylic acids is 1. The van der Waals surface area contributed by atoms with E-state index >= 15 is 0 Å². The Morgan fingerprint density at radius 2 is 1.36 bits per heavy atom. The molecule has 0 aliphatic rings. The number of hydrogen-bond acceptors (Lipinski definition) is 4. The van der Waals surface area contributed by atoms with Crippen LogP contribution in [-0.4, -0.2) is 51.4 Å². The van der Waals surface area contributed by atoms with Crippen molar-refractivity contribution in [2.75, 3.05) is 19.8 Å². The molecule has 0 aromatic heterocycles. The maximum absolute atomic E-state index is 12.8. The molecule has 1 aromatic rings. The van der Waals surface area contributed by atoms with Gasteiger partial charge in [0.2, 0.25) is 5.91 Å². The number of carbonyl (C=O) groups is 1. The van der Waals surface area contributed by atoms with Crippen LogP contribution in [0.1, 0.15) is 78.5 Å². The number of phenols is 1. The Kier molecular flexibility index (Phi) is 7.71. The third-order valence-corrected chi connectivity index (χ3v) is 5.36. The van der Waals surface area contributed by atoms with Crippen molar-refractivity contribution in [2.45, 2.75) is 84.6 Å². The average molecular weight is 394 g/mol. The molecule has 5 heteroatoms. The van der Waals surface area contributed by atoms with Gasteiger partial charge in [0.25, 0.3) is 0 Å². The Labute approximate surface area is 170 Å². The SMILES string of the molecule is CCN(C(=O)CCc1cc(C(C)(C)C)c(O)c(C(C)(C)C)c1)C(C)(CO)CO. The number of phenolic OH excluding ortho intramolecular Hbond substituents is 1. The number of aliphatic hydroxyl groups is 2. The van der Waals surface area contributed by atoms with E-state index in [9.17, 15) is 20.1 Å². The minimum Gasteiger partial charge on any atom is -0.507 e. The number of benzene rings is 1. The summed E-state index contributed by atoms with van der Waals surface area (Å²) in [5, 5.41) is 30.1. The van der Waals surface area contributed by atoms with Gasteiger partial charge in [-0.15, -0.1) is 0 Å².